The van der Waals surface area contributed by atoms with E-state index in [1.807, 2.05) is 0 Å². The summed E-state index contributed by atoms with van der Waals surface area (Å²) in [6, 6.07) is 8.65. The Morgan fingerprint density at radius 1 is 0.950 bits per heavy atom. The highest BCUT2D eigenvalue weighted by atomic mass is 32.2. The lowest BCUT2D eigenvalue weighted by molar-refractivity contribution is 0.0692. The number of phenols is 2. The maximum atomic E-state index is 12.4. The third-order valence-electron chi connectivity index (χ3n) is 2.65. The molecule has 0 saturated heterocycles. The summed E-state index contributed by atoms with van der Waals surface area (Å²) in [5.41, 5.74) is -0.607. The van der Waals surface area contributed by atoms with Gasteiger partial charge in [0.05, 0.1) is 15.4 Å². The fourth-order valence-corrected chi connectivity index (χ4v) is 3.15. The van der Waals surface area contributed by atoms with Crippen LogP contribution in [-0.2, 0) is 9.84 Å². The third kappa shape index (κ3) is 2.30. The highest BCUT2D eigenvalue weighted by molar-refractivity contribution is 7.91. The van der Waals surface area contributed by atoms with Gasteiger partial charge in [0.15, 0.2) is 11.5 Å². The molecule has 0 heterocycles. The van der Waals surface area contributed by atoms with Gasteiger partial charge in [-0.1, -0.05) is 18.2 Å². The molecule has 3 N–H and O–H groups in total. The van der Waals surface area contributed by atoms with E-state index < -0.39 is 37.8 Å². The van der Waals surface area contributed by atoms with E-state index >= 15 is 0 Å². The Labute approximate surface area is 114 Å². The molecular formula is C13H10O6S. The lowest BCUT2D eigenvalue weighted by atomic mass is 10.2. The van der Waals surface area contributed by atoms with E-state index in [2.05, 4.69) is 0 Å². The first-order valence-electron chi connectivity index (χ1n) is 5.43. The molecule has 0 radical (unpaired) electrons. The Morgan fingerprint density at radius 2 is 1.50 bits per heavy atom. The minimum Gasteiger partial charge on any atom is -0.504 e. The molecule has 0 bridgehead atoms. The Kier molecular flexibility index (Phi) is 3.37. The number of rotatable bonds is 3. The van der Waals surface area contributed by atoms with Gasteiger partial charge in [0, 0.05) is 6.07 Å². The number of carbonyl (C=O) groups is 1. The van der Waals surface area contributed by atoms with Crippen molar-refractivity contribution in [3.8, 4) is 11.5 Å². The van der Waals surface area contributed by atoms with E-state index in [0.717, 1.165) is 6.07 Å². The van der Waals surface area contributed by atoms with Gasteiger partial charge in [0.2, 0.25) is 9.84 Å². The number of carboxylic acid groups (broad SMARTS) is 1. The second-order valence-electron chi connectivity index (χ2n) is 3.96. The monoisotopic (exact) mass is 294 g/mol. The van der Waals surface area contributed by atoms with Crippen LogP contribution in [0.25, 0.3) is 0 Å². The molecule has 0 spiro atoms. The van der Waals surface area contributed by atoms with Crippen molar-refractivity contribution in [2.45, 2.75) is 9.79 Å². The zero-order valence-corrected chi connectivity index (χ0v) is 10.8. The van der Waals surface area contributed by atoms with Crippen LogP contribution < -0.4 is 0 Å². The summed E-state index contributed by atoms with van der Waals surface area (Å²) in [5, 5.41) is 27.7. The van der Waals surface area contributed by atoms with Crippen LogP contribution in [0.3, 0.4) is 0 Å². The molecule has 2 aromatic rings. The fourth-order valence-electron chi connectivity index (χ4n) is 1.67. The van der Waals surface area contributed by atoms with Gasteiger partial charge >= 0.3 is 5.97 Å². The second-order valence-corrected chi connectivity index (χ2v) is 5.88. The smallest absolute Gasteiger partial charge is 0.337 e. The summed E-state index contributed by atoms with van der Waals surface area (Å²) in [7, 11) is -4.11. The van der Waals surface area contributed by atoms with Crippen molar-refractivity contribution in [2.24, 2.45) is 0 Å². The molecule has 0 aliphatic rings. The Hall–Kier alpha value is -2.54. The van der Waals surface area contributed by atoms with Crippen LogP contribution in [0.15, 0.2) is 52.3 Å². The first-order chi connectivity index (χ1) is 9.34. The zero-order chi connectivity index (χ0) is 14.9. The minimum atomic E-state index is -4.11. The van der Waals surface area contributed by atoms with Crippen LogP contribution in [0.5, 0.6) is 11.5 Å². The molecule has 0 unspecified atom stereocenters. The Balaban J connectivity index is 2.75. The van der Waals surface area contributed by atoms with Crippen molar-refractivity contribution >= 4 is 15.8 Å². The molecule has 0 aliphatic heterocycles. The van der Waals surface area contributed by atoms with Crippen LogP contribution in [0.4, 0.5) is 0 Å². The number of aromatic hydroxyl groups is 2. The molecular weight excluding hydrogens is 284 g/mol. The maximum Gasteiger partial charge on any atom is 0.337 e. The third-order valence-corrected chi connectivity index (χ3v) is 4.46. The molecule has 104 valence electrons. The molecule has 20 heavy (non-hydrogen) atoms. The number of aromatic carboxylic acids is 1. The molecule has 0 amide bonds. The highest BCUT2D eigenvalue weighted by Crippen LogP contribution is 2.33. The summed E-state index contributed by atoms with van der Waals surface area (Å²) in [5.74, 6) is -2.92. The molecule has 0 fully saturated rings. The largest absolute Gasteiger partial charge is 0.504 e. The van der Waals surface area contributed by atoms with Crippen LogP contribution in [0.1, 0.15) is 10.4 Å². The number of hydrogen-bond donors (Lipinski definition) is 3. The molecule has 0 saturated carbocycles. The number of benzene rings is 2. The molecule has 0 atom stereocenters. The Morgan fingerprint density at radius 3 is 2.05 bits per heavy atom. The van der Waals surface area contributed by atoms with E-state index in [1.165, 1.54) is 24.3 Å². The fraction of sp³-hybridized carbons (Fsp3) is 0. The first-order valence-corrected chi connectivity index (χ1v) is 6.92. The standard InChI is InChI=1S/C13H10O6S/c14-10-6-9(13(16)17)12(7-11(10)15)20(18,19)8-4-2-1-3-5-8/h1-7,14-15H,(H,16,17). The SMILES string of the molecule is O=C(O)c1cc(O)c(O)cc1S(=O)(=O)c1ccccc1. The molecule has 0 aliphatic carbocycles. The lowest BCUT2D eigenvalue weighted by Crippen LogP contribution is -2.09. The predicted molar refractivity (Wildman–Crippen MR) is 68.6 cm³/mol. The minimum absolute atomic E-state index is 0.104. The quantitative estimate of drug-likeness (QED) is 0.742. The van der Waals surface area contributed by atoms with Gasteiger partial charge in [-0.15, -0.1) is 0 Å². The number of carboxylic acids is 1. The van der Waals surface area contributed by atoms with Crippen LogP contribution in [-0.4, -0.2) is 29.7 Å². The van der Waals surface area contributed by atoms with Gasteiger partial charge in [-0.05, 0) is 18.2 Å². The molecule has 2 aromatic carbocycles. The summed E-state index contributed by atoms with van der Waals surface area (Å²) in [6.07, 6.45) is 0. The van der Waals surface area contributed by atoms with E-state index in [9.17, 15) is 23.4 Å². The van der Waals surface area contributed by atoms with E-state index in [4.69, 9.17) is 5.11 Å². The number of sulfone groups is 1. The van der Waals surface area contributed by atoms with Gasteiger partial charge in [0.1, 0.15) is 0 Å². The highest BCUT2D eigenvalue weighted by Gasteiger charge is 2.26. The second kappa shape index (κ2) is 4.86. The van der Waals surface area contributed by atoms with Crippen LogP contribution in [0, 0.1) is 0 Å². The predicted octanol–water partition coefficient (Wildman–Crippen LogP) is 1.63. The van der Waals surface area contributed by atoms with Crippen LogP contribution in [0.2, 0.25) is 0 Å². The number of phenolic OH excluding ortho intramolecular Hbond substituents is 2. The maximum absolute atomic E-state index is 12.4. The van der Waals surface area contributed by atoms with E-state index in [-0.39, 0.29) is 4.90 Å². The molecule has 6 nitrogen and oxygen atoms in total. The van der Waals surface area contributed by atoms with Gasteiger partial charge in [0.25, 0.3) is 0 Å². The summed E-state index contributed by atoms with van der Waals surface area (Å²) in [4.78, 5) is 10.4. The molecule has 0 aromatic heterocycles. The normalized spacial score (nSPS) is 11.2. The summed E-state index contributed by atoms with van der Waals surface area (Å²) < 4.78 is 24.7. The summed E-state index contributed by atoms with van der Waals surface area (Å²) >= 11 is 0. The molecule has 7 heteroatoms. The average Bonchev–Trinajstić information content (AvgIpc) is 2.42. The lowest BCUT2D eigenvalue weighted by Gasteiger charge is -2.09. The van der Waals surface area contributed by atoms with Gasteiger partial charge in [-0.25, -0.2) is 13.2 Å². The average molecular weight is 294 g/mol. The van der Waals surface area contributed by atoms with Crippen molar-refractivity contribution in [3.63, 3.8) is 0 Å². The van der Waals surface area contributed by atoms with Gasteiger partial charge < -0.3 is 15.3 Å². The van der Waals surface area contributed by atoms with E-state index in [1.54, 1.807) is 6.07 Å². The van der Waals surface area contributed by atoms with Crippen LogP contribution >= 0.6 is 0 Å². The zero-order valence-electron chi connectivity index (χ0n) is 10.0. The number of hydrogen-bond acceptors (Lipinski definition) is 5. The Bertz CT molecular complexity index is 765. The summed E-state index contributed by atoms with van der Waals surface area (Å²) in [6.45, 7) is 0. The van der Waals surface area contributed by atoms with Crippen molar-refractivity contribution in [3.05, 3.63) is 48.0 Å². The first kappa shape index (κ1) is 13.9. The van der Waals surface area contributed by atoms with Gasteiger partial charge in [-0.2, -0.15) is 0 Å². The van der Waals surface area contributed by atoms with Crippen molar-refractivity contribution in [2.75, 3.05) is 0 Å². The van der Waals surface area contributed by atoms with Crippen molar-refractivity contribution in [1.82, 2.24) is 0 Å². The van der Waals surface area contributed by atoms with E-state index in [0.29, 0.717) is 6.07 Å². The van der Waals surface area contributed by atoms with Gasteiger partial charge in [-0.3, -0.25) is 0 Å². The van der Waals surface area contributed by atoms with Crippen molar-refractivity contribution < 1.29 is 28.5 Å². The molecule has 2 rings (SSSR count). The van der Waals surface area contributed by atoms with Crippen molar-refractivity contribution in [1.29, 1.82) is 0 Å². The topological polar surface area (TPSA) is 112 Å².